The summed E-state index contributed by atoms with van der Waals surface area (Å²) in [6.07, 6.45) is 1.82. The van der Waals surface area contributed by atoms with Crippen LogP contribution in [0.5, 0.6) is 0 Å². The molecule has 5 heteroatoms. The van der Waals surface area contributed by atoms with E-state index in [0.717, 1.165) is 28.4 Å². The van der Waals surface area contributed by atoms with Crippen molar-refractivity contribution in [3.63, 3.8) is 0 Å². The highest BCUT2D eigenvalue weighted by Crippen LogP contribution is 2.23. The summed E-state index contributed by atoms with van der Waals surface area (Å²) in [5.41, 5.74) is 1.84. The molecule has 0 saturated heterocycles. The molecule has 0 aliphatic heterocycles. The molecule has 0 saturated carbocycles. The molecule has 2 heterocycles. The van der Waals surface area contributed by atoms with Crippen LogP contribution in [0, 0.1) is 6.92 Å². The van der Waals surface area contributed by atoms with Gasteiger partial charge in [0.1, 0.15) is 11.6 Å². The van der Waals surface area contributed by atoms with Crippen molar-refractivity contribution >= 4 is 16.9 Å². The Hall–Kier alpha value is -2.43. The fourth-order valence-corrected chi connectivity index (χ4v) is 2.10. The number of anilines is 1. The monoisotopic (exact) mass is 253 g/mol. The number of nitrogens with zero attached hydrogens (tertiary/aromatic N) is 5. The molecule has 0 unspecified atom stereocenters. The fourth-order valence-electron chi connectivity index (χ4n) is 2.10. The van der Waals surface area contributed by atoms with Crippen LogP contribution in [0.25, 0.3) is 16.7 Å². The van der Waals surface area contributed by atoms with E-state index in [4.69, 9.17) is 0 Å². The van der Waals surface area contributed by atoms with Crippen LogP contribution in [0.2, 0.25) is 0 Å². The zero-order valence-corrected chi connectivity index (χ0v) is 11.2. The van der Waals surface area contributed by atoms with Crippen LogP contribution in [0.15, 0.2) is 36.5 Å². The predicted octanol–water partition coefficient (Wildman–Crippen LogP) is 2.19. The number of benzene rings is 1. The Morgan fingerprint density at radius 2 is 1.79 bits per heavy atom. The van der Waals surface area contributed by atoms with E-state index < -0.39 is 0 Å². The summed E-state index contributed by atoms with van der Waals surface area (Å²) in [5, 5.41) is 5.40. The Morgan fingerprint density at radius 3 is 2.47 bits per heavy atom. The van der Waals surface area contributed by atoms with Gasteiger partial charge in [0.15, 0.2) is 5.65 Å². The molecule has 0 radical (unpaired) electrons. The summed E-state index contributed by atoms with van der Waals surface area (Å²) < 4.78 is 1.84. The van der Waals surface area contributed by atoms with Crippen LogP contribution in [-0.4, -0.2) is 33.8 Å². The van der Waals surface area contributed by atoms with E-state index in [2.05, 4.69) is 15.1 Å². The van der Waals surface area contributed by atoms with Crippen LogP contribution in [0.3, 0.4) is 0 Å². The lowest BCUT2D eigenvalue weighted by Gasteiger charge is -2.12. The summed E-state index contributed by atoms with van der Waals surface area (Å²) in [4.78, 5) is 11.0. The first-order valence-electron chi connectivity index (χ1n) is 6.12. The number of hydrogen-bond acceptors (Lipinski definition) is 4. The van der Waals surface area contributed by atoms with E-state index in [-0.39, 0.29) is 0 Å². The van der Waals surface area contributed by atoms with Crippen LogP contribution >= 0.6 is 0 Å². The van der Waals surface area contributed by atoms with Gasteiger partial charge in [-0.3, -0.25) is 0 Å². The van der Waals surface area contributed by atoms with E-state index in [1.54, 1.807) is 0 Å². The zero-order chi connectivity index (χ0) is 13.4. The molecule has 0 aliphatic rings. The Morgan fingerprint density at radius 1 is 1.05 bits per heavy atom. The van der Waals surface area contributed by atoms with Gasteiger partial charge in [-0.05, 0) is 19.1 Å². The molecule has 19 heavy (non-hydrogen) atoms. The molecule has 0 fully saturated rings. The van der Waals surface area contributed by atoms with Crippen molar-refractivity contribution in [3.05, 3.63) is 42.4 Å². The molecule has 3 rings (SSSR count). The minimum absolute atomic E-state index is 0.744. The van der Waals surface area contributed by atoms with Gasteiger partial charge < -0.3 is 4.90 Å². The summed E-state index contributed by atoms with van der Waals surface area (Å²) in [7, 11) is 3.95. The van der Waals surface area contributed by atoms with Gasteiger partial charge in [-0.25, -0.2) is 14.6 Å². The maximum absolute atomic E-state index is 4.52. The maximum atomic E-state index is 4.52. The Balaban J connectivity index is 2.29. The molecule has 3 aromatic rings. The first kappa shape index (κ1) is 11.6. The SMILES string of the molecule is Cc1nc(N(C)C)c2cnn(-c3ccccc3)c2n1. The molecule has 0 aliphatic carbocycles. The van der Waals surface area contributed by atoms with E-state index in [1.165, 1.54) is 0 Å². The van der Waals surface area contributed by atoms with Gasteiger partial charge in [0, 0.05) is 14.1 Å². The second kappa shape index (κ2) is 4.35. The fraction of sp³-hybridized carbons (Fsp3) is 0.214. The van der Waals surface area contributed by atoms with Crippen molar-refractivity contribution in [1.29, 1.82) is 0 Å². The molecule has 0 atom stereocenters. The van der Waals surface area contributed by atoms with Crippen molar-refractivity contribution in [3.8, 4) is 5.69 Å². The summed E-state index contributed by atoms with van der Waals surface area (Å²) in [6, 6.07) is 9.99. The van der Waals surface area contributed by atoms with Crippen LogP contribution < -0.4 is 4.90 Å². The molecule has 5 nitrogen and oxygen atoms in total. The molecule has 0 N–H and O–H groups in total. The van der Waals surface area contributed by atoms with E-state index in [1.807, 2.05) is 67.1 Å². The Bertz CT molecular complexity index is 715. The van der Waals surface area contributed by atoms with Crippen molar-refractivity contribution < 1.29 is 0 Å². The Labute approximate surface area is 111 Å². The highest BCUT2D eigenvalue weighted by molar-refractivity contribution is 5.87. The second-order valence-electron chi connectivity index (χ2n) is 4.62. The van der Waals surface area contributed by atoms with Crippen molar-refractivity contribution in [1.82, 2.24) is 19.7 Å². The molecule has 2 aromatic heterocycles. The molecular formula is C14H15N5. The van der Waals surface area contributed by atoms with Crippen molar-refractivity contribution in [2.24, 2.45) is 0 Å². The van der Waals surface area contributed by atoms with Gasteiger partial charge >= 0.3 is 0 Å². The quantitative estimate of drug-likeness (QED) is 0.702. The van der Waals surface area contributed by atoms with E-state index >= 15 is 0 Å². The smallest absolute Gasteiger partial charge is 0.168 e. The zero-order valence-electron chi connectivity index (χ0n) is 11.2. The van der Waals surface area contributed by atoms with Crippen LogP contribution in [0.4, 0.5) is 5.82 Å². The van der Waals surface area contributed by atoms with Gasteiger partial charge in [0.05, 0.1) is 17.3 Å². The maximum Gasteiger partial charge on any atom is 0.168 e. The summed E-state index contributed by atoms with van der Waals surface area (Å²) in [5.74, 6) is 1.64. The van der Waals surface area contributed by atoms with Crippen LogP contribution in [-0.2, 0) is 0 Å². The third-order valence-electron chi connectivity index (χ3n) is 2.94. The number of fused-ring (bicyclic) bond motifs is 1. The van der Waals surface area contributed by atoms with Gasteiger partial charge in [-0.1, -0.05) is 18.2 Å². The normalized spacial score (nSPS) is 10.9. The van der Waals surface area contributed by atoms with E-state index in [0.29, 0.717) is 0 Å². The highest BCUT2D eigenvalue weighted by atomic mass is 15.3. The standard InChI is InChI=1S/C14H15N5/c1-10-16-13(18(2)3)12-9-15-19(14(12)17-10)11-7-5-4-6-8-11/h4-9H,1-3H3. The number of para-hydroxylation sites is 1. The summed E-state index contributed by atoms with van der Waals surface area (Å²) >= 11 is 0. The van der Waals surface area contributed by atoms with Gasteiger partial charge in [-0.15, -0.1) is 0 Å². The average Bonchev–Trinajstić information content (AvgIpc) is 2.82. The van der Waals surface area contributed by atoms with Crippen LogP contribution in [0.1, 0.15) is 5.82 Å². The Kier molecular flexibility index (Phi) is 2.67. The minimum Gasteiger partial charge on any atom is -0.362 e. The lowest BCUT2D eigenvalue weighted by molar-refractivity contribution is 0.888. The lowest BCUT2D eigenvalue weighted by atomic mass is 10.3. The third kappa shape index (κ3) is 1.93. The first-order valence-corrected chi connectivity index (χ1v) is 6.12. The largest absolute Gasteiger partial charge is 0.362 e. The van der Waals surface area contributed by atoms with Gasteiger partial charge in [-0.2, -0.15) is 5.10 Å². The lowest BCUT2D eigenvalue weighted by Crippen LogP contribution is -2.12. The number of hydrogen-bond donors (Lipinski definition) is 0. The van der Waals surface area contributed by atoms with Gasteiger partial charge in [0.2, 0.25) is 0 Å². The number of aromatic nitrogens is 4. The first-order chi connectivity index (χ1) is 9.16. The highest BCUT2D eigenvalue weighted by Gasteiger charge is 2.13. The summed E-state index contributed by atoms with van der Waals surface area (Å²) in [6.45, 7) is 1.90. The minimum atomic E-state index is 0.744. The topological polar surface area (TPSA) is 46.8 Å². The molecule has 0 spiro atoms. The average molecular weight is 253 g/mol. The molecule has 0 bridgehead atoms. The van der Waals surface area contributed by atoms with Gasteiger partial charge in [0.25, 0.3) is 0 Å². The predicted molar refractivity (Wildman–Crippen MR) is 75.7 cm³/mol. The molecule has 96 valence electrons. The molecular weight excluding hydrogens is 238 g/mol. The number of rotatable bonds is 2. The van der Waals surface area contributed by atoms with Crippen molar-refractivity contribution in [2.45, 2.75) is 6.92 Å². The molecule has 1 aromatic carbocycles. The third-order valence-corrected chi connectivity index (χ3v) is 2.94. The second-order valence-corrected chi connectivity index (χ2v) is 4.62. The van der Waals surface area contributed by atoms with Crippen molar-refractivity contribution in [2.75, 3.05) is 19.0 Å². The number of aryl methyl sites for hydroxylation is 1. The van der Waals surface area contributed by atoms with E-state index in [9.17, 15) is 0 Å². The molecule has 0 amide bonds.